The highest BCUT2D eigenvalue weighted by molar-refractivity contribution is 5.93. The fraction of sp³-hybridized carbons (Fsp3) is 0.609. The number of esters is 2. The first-order valence-electron chi connectivity index (χ1n) is 10.00. The van der Waals surface area contributed by atoms with Crippen LogP contribution >= 0.6 is 0 Å². The molecule has 29 heavy (non-hydrogen) atoms. The van der Waals surface area contributed by atoms with Crippen molar-refractivity contribution in [2.75, 3.05) is 0 Å². The van der Waals surface area contributed by atoms with Gasteiger partial charge in [-0.3, -0.25) is 14.4 Å². The Hall–Kier alpha value is -2.21. The highest BCUT2D eigenvalue weighted by Crippen LogP contribution is 2.34. The Morgan fingerprint density at radius 3 is 1.93 bits per heavy atom. The summed E-state index contributed by atoms with van der Waals surface area (Å²) in [7, 11) is 0. The molecule has 0 bridgehead atoms. The Labute approximate surface area is 172 Å². The minimum atomic E-state index is -0.867. The van der Waals surface area contributed by atoms with Gasteiger partial charge in [0.05, 0.1) is 18.4 Å². The van der Waals surface area contributed by atoms with Gasteiger partial charge in [-0.15, -0.1) is 0 Å². The molecule has 2 rings (SSSR count). The molecule has 0 heterocycles. The number of rotatable bonds is 5. The number of carbonyl (C=O) groups excluding carboxylic acids is 3. The van der Waals surface area contributed by atoms with Crippen molar-refractivity contribution in [3.63, 3.8) is 0 Å². The third-order valence-electron chi connectivity index (χ3n) is 4.45. The van der Waals surface area contributed by atoms with Crippen LogP contribution in [0.2, 0.25) is 0 Å². The Bertz CT molecular complexity index is 726. The maximum atomic E-state index is 12.8. The van der Waals surface area contributed by atoms with Crippen LogP contribution in [-0.4, -0.2) is 35.0 Å². The van der Waals surface area contributed by atoms with Gasteiger partial charge in [0, 0.05) is 6.42 Å². The normalized spacial score (nSPS) is 22.8. The summed E-state index contributed by atoms with van der Waals surface area (Å²) in [6, 6.07) is 9.50. The zero-order valence-corrected chi connectivity index (χ0v) is 18.2. The number of carbonyl (C=O) groups is 3. The Kier molecular flexibility index (Phi) is 7.22. The summed E-state index contributed by atoms with van der Waals surface area (Å²) in [4.78, 5) is 38.2. The van der Waals surface area contributed by atoms with E-state index in [9.17, 15) is 14.4 Å². The summed E-state index contributed by atoms with van der Waals surface area (Å²) in [5, 5.41) is 0. The number of Topliss-reactive ketones (excluding diaryl/α,β-unsaturated/α-hetero) is 1. The number of hydrogen-bond donors (Lipinski definition) is 0. The van der Waals surface area contributed by atoms with E-state index in [1.807, 2.05) is 30.3 Å². The Balaban J connectivity index is 2.16. The van der Waals surface area contributed by atoms with Crippen molar-refractivity contribution in [3.05, 3.63) is 35.9 Å². The molecule has 0 radical (unpaired) electrons. The molecule has 0 amide bonds. The summed E-state index contributed by atoms with van der Waals surface area (Å²) in [6.07, 6.45) is -0.755. The second-order valence-corrected chi connectivity index (χ2v) is 9.47. The zero-order valence-electron chi connectivity index (χ0n) is 18.2. The van der Waals surface area contributed by atoms with Crippen LogP contribution in [0, 0.1) is 11.8 Å². The van der Waals surface area contributed by atoms with E-state index >= 15 is 0 Å². The molecule has 1 aromatic carbocycles. The topological polar surface area (TPSA) is 78.9 Å². The van der Waals surface area contributed by atoms with Crippen molar-refractivity contribution in [1.82, 2.24) is 0 Å². The summed E-state index contributed by atoms with van der Waals surface area (Å²) >= 11 is 0. The van der Waals surface area contributed by atoms with E-state index in [1.54, 1.807) is 41.5 Å². The lowest BCUT2D eigenvalue weighted by molar-refractivity contribution is -0.179. The van der Waals surface area contributed by atoms with Crippen molar-refractivity contribution in [1.29, 1.82) is 0 Å². The molecular formula is C23H32O6. The highest BCUT2D eigenvalue weighted by Gasteiger charge is 2.46. The molecule has 1 aliphatic rings. The van der Waals surface area contributed by atoms with E-state index in [1.165, 1.54) is 0 Å². The smallest absolute Gasteiger partial charge is 0.310 e. The minimum absolute atomic E-state index is 0.0989. The van der Waals surface area contributed by atoms with E-state index in [0.29, 0.717) is 0 Å². The quantitative estimate of drug-likeness (QED) is 0.694. The predicted molar refractivity (Wildman–Crippen MR) is 108 cm³/mol. The molecule has 0 spiro atoms. The van der Waals surface area contributed by atoms with Gasteiger partial charge < -0.3 is 14.2 Å². The van der Waals surface area contributed by atoms with Crippen LogP contribution in [0.1, 0.15) is 59.9 Å². The predicted octanol–water partition coefficient (Wildman–Crippen LogP) is 3.85. The monoisotopic (exact) mass is 404 g/mol. The molecule has 0 saturated heterocycles. The van der Waals surface area contributed by atoms with E-state index in [2.05, 4.69) is 0 Å². The average Bonchev–Trinajstić information content (AvgIpc) is 2.58. The van der Waals surface area contributed by atoms with Gasteiger partial charge in [0.1, 0.15) is 17.3 Å². The number of ether oxygens (including phenoxy) is 3. The maximum absolute atomic E-state index is 12.8. The average molecular weight is 405 g/mol. The second-order valence-electron chi connectivity index (χ2n) is 9.47. The first kappa shape index (κ1) is 23.1. The number of hydrogen-bond acceptors (Lipinski definition) is 6. The molecule has 3 atom stereocenters. The fourth-order valence-corrected chi connectivity index (χ4v) is 3.21. The van der Waals surface area contributed by atoms with E-state index in [0.717, 1.165) is 5.56 Å². The van der Waals surface area contributed by atoms with Gasteiger partial charge in [-0.25, -0.2) is 0 Å². The number of ketones is 1. The third-order valence-corrected chi connectivity index (χ3v) is 4.45. The molecule has 160 valence electrons. The number of benzene rings is 1. The van der Waals surface area contributed by atoms with Crippen molar-refractivity contribution in [2.45, 2.75) is 78.3 Å². The van der Waals surface area contributed by atoms with E-state index < -0.39 is 41.1 Å². The van der Waals surface area contributed by atoms with Crippen LogP contribution in [0.3, 0.4) is 0 Å². The second kappa shape index (κ2) is 9.08. The van der Waals surface area contributed by atoms with E-state index in [-0.39, 0.29) is 25.2 Å². The zero-order chi connectivity index (χ0) is 21.8. The summed E-state index contributed by atoms with van der Waals surface area (Å²) in [5.41, 5.74) is -0.472. The van der Waals surface area contributed by atoms with Gasteiger partial charge >= 0.3 is 11.9 Å². The Morgan fingerprint density at radius 1 is 0.897 bits per heavy atom. The van der Waals surface area contributed by atoms with Gasteiger partial charge in [0.25, 0.3) is 0 Å². The first-order chi connectivity index (χ1) is 13.4. The summed E-state index contributed by atoms with van der Waals surface area (Å²) < 4.78 is 16.8. The molecule has 0 N–H and O–H groups in total. The largest absolute Gasteiger partial charge is 0.460 e. The minimum Gasteiger partial charge on any atom is -0.460 e. The molecule has 0 aliphatic heterocycles. The maximum Gasteiger partial charge on any atom is 0.310 e. The molecule has 1 aromatic rings. The molecule has 1 saturated carbocycles. The van der Waals surface area contributed by atoms with Crippen LogP contribution < -0.4 is 0 Å². The van der Waals surface area contributed by atoms with Crippen LogP contribution in [0.4, 0.5) is 0 Å². The van der Waals surface area contributed by atoms with Crippen molar-refractivity contribution < 1.29 is 28.6 Å². The molecule has 6 nitrogen and oxygen atoms in total. The molecule has 0 unspecified atom stereocenters. The summed E-state index contributed by atoms with van der Waals surface area (Å²) in [5.74, 6) is -2.91. The van der Waals surface area contributed by atoms with Crippen molar-refractivity contribution in [3.8, 4) is 0 Å². The van der Waals surface area contributed by atoms with Crippen molar-refractivity contribution in [2.24, 2.45) is 11.8 Å². The highest BCUT2D eigenvalue weighted by atomic mass is 16.6. The lowest BCUT2D eigenvalue weighted by atomic mass is 9.77. The molecule has 6 heteroatoms. The summed E-state index contributed by atoms with van der Waals surface area (Å²) in [6.45, 7) is 10.8. The van der Waals surface area contributed by atoms with Crippen LogP contribution in [0.5, 0.6) is 0 Å². The SMILES string of the molecule is CC(C)(C)OC(=O)[C@H]1CC(=O)[C@H](OCc2ccccc2)C[C@@H]1C(=O)OC(C)(C)C. The van der Waals surface area contributed by atoms with Gasteiger partial charge in [0.2, 0.25) is 0 Å². The third kappa shape index (κ3) is 7.28. The van der Waals surface area contributed by atoms with Gasteiger partial charge in [-0.2, -0.15) is 0 Å². The molecular weight excluding hydrogens is 372 g/mol. The standard InChI is InChI=1S/C23H32O6/c1-22(2,3)28-20(25)16-12-18(24)19(27-14-15-10-8-7-9-11-15)13-17(16)21(26)29-23(4,5)6/h7-11,16-17,19H,12-14H2,1-6H3/t16-,17-,19+/m0/s1. The fourth-order valence-electron chi connectivity index (χ4n) is 3.21. The van der Waals surface area contributed by atoms with Crippen LogP contribution in [0.25, 0.3) is 0 Å². The van der Waals surface area contributed by atoms with Gasteiger partial charge in [-0.1, -0.05) is 30.3 Å². The Morgan fingerprint density at radius 2 is 1.41 bits per heavy atom. The lowest BCUT2D eigenvalue weighted by Gasteiger charge is -2.35. The lowest BCUT2D eigenvalue weighted by Crippen LogP contribution is -2.47. The molecule has 0 aromatic heterocycles. The van der Waals surface area contributed by atoms with Gasteiger partial charge in [0.15, 0.2) is 5.78 Å². The first-order valence-corrected chi connectivity index (χ1v) is 10.00. The van der Waals surface area contributed by atoms with E-state index in [4.69, 9.17) is 14.2 Å². The van der Waals surface area contributed by atoms with Crippen molar-refractivity contribution >= 4 is 17.7 Å². The molecule has 1 fully saturated rings. The van der Waals surface area contributed by atoms with Crippen LogP contribution in [-0.2, 0) is 35.2 Å². The van der Waals surface area contributed by atoms with Gasteiger partial charge in [-0.05, 0) is 53.5 Å². The molecule has 1 aliphatic carbocycles. The van der Waals surface area contributed by atoms with Crippen LogP contribution in [0.15, 0.2) is 30.3 Å².